The van der Waals surface area contributed by atoms with Crippen molar-refractivity contribution in [1.29, 1.82) is 0 Å². The molecule has 0 unspecified atom stereocenters. The minimum absolute atomic E-state index is 0.180. The molecule has 24 heavy (non-hydrogen) atoms. The molecule has 4 aromatic rings. The number of hydrogen-bond acceptors (Lipinski definition) is 7. The van der Waals surface area contributed by atoms with Crippen LogP contribution >= 0.6 is 22.7 Å². The van der Waals surface area contributed by atoms with E-state index in [-0.39, 0.29) is 5.91 Å². The first-order valence-electron chi connectivity index (χ1n) is 6.96. The lowest BCUT2D eigenvalue weighted by Crippen LogP contribution is -2.10. The zero-order valence-electron chi connectivity index (χ0n) is 12.5. The molecule has 0 bridgehead atoms. The van der Waals surface area contributed by atoms with Gasteiger partial charge in [-0.25, -0.2) is 0 Å². The summed E-state index contributed by atoms with van der Waals surface area (Å²) in [4.78, 5) is 13.4. The van der Waals surface area contributed by atoms with Crippen molar-refractivity contribution >= 4 is 38.7 Å². The maximum absolute atomic E-state index is 12.1. The van der Waals surface area contributed by atoms with Gasteiger partial charge in [0.15, 0.2) is 5.82 Å². The molecule has 0 radical (unpaired) electrons. The highest BCUT2D eigenvalue weighted by atomic mass is 32.1. The Kier molecular flexibility index (Phi) is 3.71. The van der Waals surface area contributed by atoms with Crippen LogP contribution in [0.15, 0.2) is 41.8 Å². The van der Waals surface area contributed by atoms with Gasteiger partial charge in [-0.3, -0.25) is 10.1 Å². The van der Waals surface area contributed by atoms with Crippen LogP contribution in [-0.4, -0.2) is 32.8 Å². The van der Waals surface area contributed by atoms with Gasteiger partial charge in [-0.2, -0.15) is 4.52 Å². The molecule has 1 N–H and O–H groups in total. The number of fused-ring (bicyclic) bond motifs is 1. The van der Waals surface area contributed by atoms with E-state index in [9.17, 15) is 4.79 Å². The molecular weight excluding hydrogens is 346 g/mol. The van der Waals surface area contributed by atoms with E-state index in [1.54, 1.807) is 17.7 Å². The Balaban J connectivity index is 1.64. The molecule has 7 nitrogen and oxygen atoms in total. The highest BCUT2D eigenvalue weighted by Crippen LogP contribution is 2.26. The fourth-order valence-corrected chi connectivity index (χ4v) is 3.51. The van der Waals surface area contributed by atoms with Crippen molar-refractivity contribution in [2.75, 3.05) is 12.4 Å². The summed E-state index contributed by atoms with van der Waals surface area (Å²) in [6.07, 6.45) is 0. The number of thiophene rings is 1. The van der Waals surface area contributed by atoms with Gasteiger partial charge in [-0.05, 0) is 35.7 Å². The third-order valence-electron chi connectivity index (χ3n) is 3.30. The summed E-state index contributed by atoms with van der Waals surface area (Å²) in [6, 6.07) is 11.1. The minimum atomic E-state index is -0.180. The molecular formula is C15H11N5O2S2. The van der Waals surface area contributed by atoms with Gasteiger partial charge in [0, 0.05) is 5.56 Å². The van der Waals surface area contributed by atoms with Crippen LogP contribution in [0.1, 0.15) is 9.67 Å². The molecule has 0 spiro atoms. The number of benzene rings is 1. The zero-order valence-corrected chi connectivity index (χ0v) is 14.1. The largest absolute Gasteiger partial charge is 0.497 e. The molecule has 120 valence electrons. The lowest BCUT2D eigenvalue weighted by molar-refractivity contribution is 0.103. The normalized spacial score (nSPS) is 10.9. The van der Waals surface area contributed by atoms with E-state index in [1.807, 2.05) is 35.7 Å². The molecule has 0 saturated carbocycles. The molecule has 0 aliphatic rings. The second-order valence-electron chi connectivity index (χ2n) is 4.79. The first kappa shape index (κ1) is 14.8. The van der Waals surface area contributed by atoms with E-state index in [4.69, 9.17) is 4.74 Å². The maximum Gasteiger partial charge on any atom is 0.267 e. The summed E-state index contributed by atoms with van der Waals surface area (Å²) < 4.78 is 6.78. The van der Waals surface area contributed by atoms with E-state index in [2.05, 4.69) is 20.6 Å². The summed E-state index contributed by atoms with van der Waals surface area (Å²) >= 11 is 2.65. The molecule has 0 saturated heterocycles. The fraction of sp³-hybridized carbons (Fsp3) is 0.0667. The number of carbonyl (C=O) groups excluding carboxylic acids is 1. The average molecular weight is 357 g/mol. The van der Waals surface area contributed by atoms with Crippen LogP contribution in [0.25, 0.3) is 16.3 Å². The molecule has 1 amide bonds. The van der Waals surface area contributed by atoms with Crippen LogP contribution in [-0.2, 0) is 0 Å². The van der Waals surface area contributed by atoms with Gasteiger partial charge in [0.2, 0.25) is 10.1 Å². The average Bonchev–Trinajstić information content (AvgIpc) is 3.31. The highest BCUT2D eigenvalue weighted by Gasteiger charge is 2.15. The Hall–Kier alpha value is -2.78. The van der Waals surface area contributed by atoms with Crippen LogP contribution in [0, 0.1) is 0 Å². The van der Waals surface area contributed by atoms with Crippen LogP contribution < -0.4 is 10.1 Å². The van der Waals surface area contributed by atoms with Crippen LogP contribution in [0.2, 0.25) is 0 Å². The quantitative estimate of drug-likeness (QED) is 0.607. The maximum atomic E-state index is 12.1. The van der Waals surface area contributed by atoms with Crippen LogP contribution in [0.4, 0.5) is 5.13 Å². The Morgan fingerprint density at radius 1 is 1.21 bits per heavy atom. The van der Waals surface area contributed by atoms with Crippen LogP contribution in [0.5, 0.6) is 5.75 Å². The Labute approximate surface area is 144 Å². The minimum Gasteiger partial charge on any atom is -0.497 e. The number of rotatable bonds is 4. The van der Waals surface area contributed by atoms with Crippen molar-refractivity contribution in [3.63, 3.8) is 0 Å². The van der Waals surface area contributed by atoms with Gasteiger partial charge in [-0.1, -0.05) is 17.4 Å². The number of nitrogens with zero attached hydrogens (tertiary/aromatic N) is 4. The SMILES string of the molecule is COc1ccc(-c2nnc3sc(NC(=O)c4cccs4)nn23)cc1. The highest BCUT2D eigenvalue weighted by molar-refractivity contribution is 7.20. The standard InChI is InChI=1S/C15H11N5O2S2/c1-22-10-6-4-9(5-7-10)12-17-18-15-20(12)19-14(24-15)16-13(21)11-3-2-8-23-11/h2-8H,1H3,(H,16,19,21). The first-order chi connectivity index (χ1) is 11.7. The van der Waals surface area contributed by atoms with E-state index in [0.29, 0.717) is 20.8 Å². The monoisotopic (exact) mass is 357 g/mol. The molecule has 4 rings (SSSR count). The summed E-state index contributed by atoms with van der Waals surface area (Å²) in [5.74, 6) is 1.20. The molecule has 3 heterocycles. The fourth-order valence-electron chi connectivity index (χ4n) is 2.15. The van der Waals surface area contributed by atoms with Crippen molar-refractivity contribution < 1.29 is 9.53 Å². The number of hydrogen-bond donors (Lipinski definition) is 1. The summed E-state index contributed by atoms with van der Waals surface area (Å²) in [5.41, 5.74) is 0.865. The smallest absolute Gasteiger partial charge is 0.267 e. The number of amides is 1. The number of nitrogens with one attached hydrogen (secondary N) is 1. The van der Waals surface area contributed by atoms with Crippen molar-refractivity contribution in [3.05, 3.63) is 46.7 Å². The molecule has 0 fully saturated rings. The number of ether oxygens (including phenoxy) is 1. The molecule has 9 heteroatoms. The van der Waals surface area contributed by atoms with Crippen molar-refractivity contribution in [2.24, 2.45) is 0 Å². The van der Waals surface area contributed by atoms with Gasteiger partial charge in [0.25, 0.3) is 5.91 Å². The number of carbonyl (C=O) groups is 1. The molecule has 3 aromatic heterocycles. The third-order valence-corrected chi connectivity index (χ3v) is 4.99. The van der Waals surface area contributed by atoms with Gasteiger partial charge in [-0.15, -0.1) is 26.6 Å². The second-order valence-corrected chi connectivity index (χ2v) is 6.69. The van der Waals surface area contributed by atoms with E-state index in [0.717, 1.165) is 11.3 Å². The summed E-state index contributed by atoms with van der Waals surface area (Å²) in [7, 11) is 1.62. The summed E-state index contributed by atoms with van der Waals surface area (Å²) in [5, 5.41) is 17.8. The van der Waals surface area contributed by atoms with Crippen LogP contribution in [0.3, 0.4) is 0 Å². The predicted octanol–water partition coefficient (Wildman–Crippen LogP) is 3.18. The number of anilines is 1. The Bertz CT molecular complexity index is 989. The van der Waals surface area contributed by atoms with E-state index >= 15 is 0 Å². The number of methoxy groups -OCH3 is 1. The molecule has 1 aromatic carbocycles. The second kappa shape index (κ2) is 6.02. The van der Waals surface area contributed by atoms with Crippen molar-refractivity contribution in [2.45, 2.75) is 0 Å². The molecule has 0 aliphatic carbocycles. The topological polar surface area (TPSA) is 81.4 Å². The molecule has 0 aliphatic heterocycles. The van der Waals surface area contributed by atoms with Crippen molar-refractivity contribution in [1.82, 2.24) is 19.8 Å². The van der Waals surface area contributed by atoms with E-state index < -0.39 is 0 Å². The summed E-state index contributed by atoms with van der Waals surface area (Å²) in [6.45, 7) is 0. The van der Waals surface area contributed by atoms with Crippen molar-refractivity contribution in [3.8, 4) is 17.1 Å². The van der Waals surface area contributed by atoms with Gasteiger partial charge in [0.1, 0.15) is 5.75 Å². The number of aromatic nitrogens is 4. The van der Waals surface area contributed by atoms with Gasteiger partial charge in [0.05, 0.1) is 12.0 Å². The third kappa shape index (κ3) is 2.63. The first-order valence-corrected chi connectivity index (χ1v) is 8.66. The van der Waals surface area contributed by atoms with Gasteiger partial charge >= 0.3 is 0 Å². The Morgan fingerprint density at radius 2 is 2.04 bits per heavy atom. The van der Waals surface area contributed by atoms with Gasteiger partial charge < -0.3 is 4.74 Å². The predicted molar refractivity (Wildman–Crippen MR) is 92.9 cm³/mol. The lowest BCUT2D eigenvalue weighted by atomic mass is 10.2. The zero-order chi connectivity index (χ0) is 16.5. The van der Waals surface area contributed by atoms with E-state index in [1.165, 1.54) is 22.7 Å². The Morgan fingerprint density at radius 3 is 2.75 bits per heavy atom. The lowest BCUT2D eigenvalue weighted by Gasteiger charge is -2.00. The molecule has 0 atom stereocenters.